The predicted molar refractivity (Wildman–Crippen MR) is 73.7 cm³/mol. The molecule has 0 aliphatic carbocycles. The van der Waals surface area contributed by atoms with Crippen LogP contribution in [0.4, 0.5) is 16.2 Å². The van der Waals surface area contributed by atoms with Crippen molar-refractivity contribution in [2.45, 2.75) is 6.54 Å². The van der Waals surface area contributed by atoms with Gasteiger partial charge in [-0.25, -0.2) is 9.79 Å². The molecule has 0 atom stereocenters. The number of amidine groups is 1. The number of aliphatic imine (C=N–C) groups is 1. The van der Waals surface area contributed by atoms with Crippen LogP contribution in [-0.4, -0.2) is 36.7 Å². The lowest BCUT2D eigenvalue weighted by molar-refractivity contribution is 0.212. The van der Waals surface area contributed by atoms with Gasteiger partial charge in [-0.05, 0) is 23.8 Å². The largest absolute Gasteiger partial charge is 0.386 e. The monoisotopic (exact) mass is 266 g/mol. The first-order valence-electron chi connectivity index (χ1n) is 5.53. The lowest BCUT2D eigenvalue weighted by Crippen LogP contribution is -2.42. The normalized spacial score (nSPS) is 15.9. The second kappa shape index (κ2) is 4.86. The van der Waals surface area contributed by atoms with Gasteiger partial charge in [-0.3, -0.25) is 4.90 Å². The van der Waals surface area contributed by atoms with Gasteiger partial charge in [-0.2, -0.15) is 0 Å². The molecule has 5 nitrogen and oxygen atoms in total. The summed E-state index contributed by atoms with van der Waals surface area (Å²) in [4.78, 5) is 19.3. The number of hydrogen-bond donors (Lipinski definition) is 1. The number of amides is 2. The van der Waals surface area contributed by atoms with Gasteiger partial charge in [0.15, 0.2) is 0 Å². The highest BCUT2D eigenvalue weighted by molar-refractivity contribution is 6.28. The number of carbonyl (C=O) groups excluding carboxylic acids is 1. The zero-order chi connectivity index (χ0) is 13.3. The van der Waals surface area contributed by atoms with Crippen LogP contribution >= 0.6 is 11.6 Å². The molecule has 96 valence electrons. The summed E-state index contributed by atoms with van der Waals surface area (Å²) in [6, 6.07) is 5.61. The van der Waals surface area contributed by atoms with E-state index in [0.29, 0.717) is 12.4 Å². The number of fused-ring (bicyclic) bond motifs is 1. The standard InChI is InChI=1S/C12H15ClN4O/c1-16-7-8-5-9(15-11(14)6-13)3-4-10(8)17(2)12(16)18/h3-5H,6-7H2,1-2H3,(H2,14,15). The van der Waals surface area contributed by atoms with Crippen molar-refractivity contribution < 1.29 is 4.79 Å². The molecule has 2 amide bonds. The van der Waals surface area contributed by atoms with E-state index in [2.05, 4.69) is 4.99 Å². The van der Waals surface area contributed by atoms with E-state index in [1.807, 2.05) is 18.2 Å². The summed E-state index contributed by atoms with van der Waals surface area (Å²) in [5.74, 6) is 0.584. The first-order valence-corrected chi connectivity index (χ1v) is 6.07. The first kappa shape index (κ1) is 12.7. The fraction of sp³-hybridized carbons (Fsp3) is 0.333. The average molecular weight is 267 g/mol. The minimum Gasteiger partial charge on any atom is -0.386 e. The van der Waals surface area contributed by atoms with E-state index in [9.17, 15) is 4.79 Å². The Hall–Kier alpha value is -1.75. The van der Waals surface area contributed by atoms with Crippen LogP contribution in [-0.2, 0) is 6.54 Å². The van der Waals surface area contributed by atoms with Crippen LogP contribution in [0.3, 0.4) is 0 Å². The molecule has 0 aromatic heterocycles. The molecule has 0 bridgehead atoms. The fourth-order valence-electron chi connectivity index (χ4n) is 1.97. The molecule has 0 saturated heterocycles. The molecule has 0 radical (unpaired) electrons. The van der Waals surface area contributed by atoms with Crippen LogP contribution in [0.15, 0.2) is 23.2 Å². The van der Waals surface area contributed by atoms with Crippen molar-refractivity contribution in [3.63, 3.8) is 0 Å². The molecular formula is C12H15ClN4O. The molecule has 1 aromatic rings. The van der Waals surface area contributed by atoms with E-state index >= 15 is 0 Å². The molecule has 0 unspecified atom stereocenters. The second-order valence-electron chi connectivity index (χ2n) is 4.25. The molecule has 1 aromatic carbocycles. The molecule has 1 aliphatic rings. The number of nitrogens with two attached hydrogens (primary N) is 1. The van der Waals surface area contributed by atoms with Crippen LogP contribution in [0.2, 0.25) is 0 Å². The fourth-order valence-corrected chi connectivity index (χ4v) is 2.03. The Morgan fingerprint density at radius 2 is 2.22 bits per heavy atom. The maximum atomic E-state index is 11.8. The summed E-state index contributed by atoms with van der Waals surface area (Å²) < 4.78 is 0. The molecule has 0 saturated carbocycles. The van der Waals surface area contributed by atoms with Crippen molar-refractivity contribution in [2.24, 2.45) is 10.7 Å². The molecule has 18 heavy (non-hydrogen) atoms. The van der Waals surface area contributed by atoms with Crippen LogP contribution in [0, 0.1) is 0 Å². The molecule has 6 heteroatoms. The van der Waals surface area contributed by atoms with Crippen molar-refractivity contribution in [1.82, 2.24) is 4.90 Å². The van der Waals surface area contributed by atoms with Gasteiger partial charge in [0.05, 0.1) is 17.3 Å². The van der Waals surface area contributed by atoms with Crippen molar-refractivity contribution in [3.8, 4) is 0 Å². The average Bonchev–Trinajstić information content (AvgIpc) is 2.35. The van der Waals surface area contributed by atoms with E-state index < -0.39 is 0 Å². The van der Waals surface area contributed by atoms with E-state index in [1.165, 1.54) is 0 Å². The SMILES string of the molecule is CN1Cc2cc(N=C(N)CCl)ccc2N(C)C1=O. The van der Waals surface area contributed by atoms with Gasteiger partial charge in [0, 0.05) is 20.6 Å². The maximum Gasteiger partial charge on any atom is 0.324 e. The first-order chi connectivity index (χ1) is 8.52. The van der Waals surface area contributed by atoms with Gasteiger partial charge in [0.1, 0.15) is 5.84 Å². The Balaban J connectivity index is 2.39. The van der Waals surface area contributed by atoms with Crippen LogP contribution < -0.4 is 10.6 Å². The Labute approximate surface area is 111 Å². The smallest absolute Gasteiger partial charge is 0.324 e. The summed E-state index contributed by atoms with van der Waals surface area (Å²) in [5, 5.41) is 0. The highest BCUT2D eigenvalue weighted by atomic mass is 35.5. The number of benzene rings is 1. The minimum atomic E-state index is -0.0148. The van der Waals surface area contributed by atoms with Gasteiger partial charge in [-0.15, -0.1) is 11.6 Å². The predicted octanol–water partition coefficient (Wildman–Crippen LogP) is 1.92. The third kappa shape index (κ3) is 2.26. The summed E-state index contributed by atoms with van der Waals surface area (Å²) >= 11 is 5.59. The molecule has 2 rings (SSSR count). The van der Waals surface area contributed by atoms with Gasteiger partial charge in [0.2, 0.25) is 0 Å². The zero-order valence-corrected chi connectivity index (χ0v) is 11.1. The number of rotatable bonds is 2. The lowest BCUT2D eigenvalue weighted by atomic mass is 10.1. The van der Waals surface area contributed by atoms with Gasteiger partial charge in [-0.1, -0.05) is 0 Å². The van der Waals surface area contributed by atoms with E-state index in [0.717, 1.165) is 16.9 Å². The second-order valence-corrected chi connectivity index (χ2v) is 4.51. The number of halogens is 1. The van der Waals surface area contributed by atoms with Crippen molar-refractivity contribution in [2.75, 3.05) is 24.9 Å². The number of carbonyl (C=O) groups is 1. The molecule has 0 spiro atoms. The summed E-state index contributed by atoms with van der Waals surface area (Å²) in [6.45, 7) is 0.572. The Morgan fingerprint density at radius 1 is 1.50 bits per heavy atom. The number of hydrogen-bond acceptors (Lipinski definition) is 2. The number of anilines is 1. The maximum absolute atomic E-state index is 11.8. The van der Waals surface area contributed by atoms with Crippen LogP contribution in [0.5, 0.6) is 0 Å². The van der Waals surface area contributed by atoms with Crippen LogP contribution in [0.25, 0.3) is 0 Å². The minimum absolute atomic E-state index is 0.0148. The van der Waals surface area contributed by atoms with Crippen LogP contribution in [0.1, 0.15) is 5.56 Å². The quantitative estimate of drug-likeness (QED) is 0.505. The Bertz CT molecular complexity index is 515. The number of alkyl halides is 1. The third-order valence-corrected chi connectivity index (χ3v) is 3.13. The Kier molecular flexibility index (Phi) is 3.43. The topological polar surface area (TPSA) is 61.9 Å². The van der Waals surface area contributed by atoms with Gasteiger partial charge < -0.3 is 10.6 Å². The molecule has 1 heterocycles. The van der Waals surface area contributed by atoms with E-state index in [-0.39, 0.29) is 11.9 Å². The summed E-state index contributed by atoms with van der Waals surface area (Å²) in [5.41, 5.74) is 8.30. The number of nitrogens with zero attached hydrogens (tertiary/aromatic N) is 3. The van der Waals surface area contributed by atoms with E-state index in [1.54, 1.807) is 23.9 Å². The molecular weight excluding hydrogens is 252 g/mol. The van der Waals surface area contributed by atoms with Crippen molar-refractivity contribution >= 4 is 34.8 Å². The summed E-state index contributed by atoms with van der Waals surface area (Å²) in [7, 11) is 3.53. The summed E-state index contributed by atoms with van der Waals surface area (Å²) in [6.07, 6.45) is 0. The lowest BCUT2D eigenvalue weighted by Gasteiger charge is -2.32. The van der Waals surface area contributed by atoms with Crippen molar-refractivity contribution in [3.05, 3.63) is 23.8 Å². The molecule has 0 fully saturated rings. The highest BCUT2D eigenvalue weighted by Gasteiger charge is 2.24. The molecule has 1 aliphatic heterocycles. The number of urea groups is 1. The van der Waals surface area contributed by atoms with Gasteiger partial charge in [0.25, 0.3) is 0 Å². The third-order valence-electron chi connectivity index (χ3n) is 2.86. The Morgan fingerprint density at radius 3 is 2.89 bits per heavy atom. The molecule has 2 N–H and O–H groups in total. The highest BCUT2D eigenvalue weighted by Crippen LogP contribution is 2.30. The van der Waals surface area contributed by atoms with Crippen molar-refractivity contribution in [1.29, 1.82) is 0 Å². The van der Waals surface area contributed by atoms with E-state index in [4.69, 9.17) is 17.3 Å². The zero-order valence-electron chi connectivity index (χ0n) is 10.4. The van der Waals surface area contributed by atoms with Gasteiger partial charge >= 0.3 is 6.03 Å².